The maximum atomic E-state index is 4.64. The minimum atomic E-state index is 0.528. The molecule has 0 radical (unpaired) electrons. The summed E-state index contributed by atoms with van der Waals surface area (Å²) < 4.78 is 0. The van der Waals surface area contributed by atoms with Gasteiger partial charge < -0.3 is 0 Å². The van der Waals surface area contributed by atoms with Crippen molar-refractivity contribution < 1.29 is 0 Å². The maximum Gasteiger partial charge on any atom is 0.0711 e. The Bertz CT molecular complexity index is 254. The summed E-state index contributed by atoms with van der Waals surface area (Å²) in [4.78, 5) is 0. The molecular weight excluding hydrogens is 208 g/mol. The van der Waals surface area contributed by atoms with Gasteiger partial charge in [-0.3, -0.25) is 0 Å². The average molecular weight is 236 g/mol. The van der Waals surface area contributed by atoms with Crippen LogP contribution in [0.2, 0.25) is 0 Å². The SMILES string of the molecule is CC1CCC(N=NC2CCC(C)C(C)C2)CC1. The van der Waals surface area contributed by atoms with Crippen LogP contribution in [-0.4, -0.2) is 12.1 Å². The molecule has 0 heterocycles. The van der Waals surface area contributed by atoms with E-state index in [0.717, 1.165) is 17.8 Å². The Morgan fingerprint density at radius 2 is 1.24 bits per heavy atom. The molecule has 0 aromatic heterocycles. The van der Waals surface area contributed by atoms with Gasteiger partial charge >= 0.3 is 0 Å². The van der Waals surface area contributed by atoms with Gasteiger partial charge in [0.05, 0.1) is 12.1 Å². The third kappa shape index (κ3) is 3.79. The first-order valence-electron chi connectivity index (χ1n) is 7.55. The van der Waals surface area contributed by atoms with Crippen LogP contribution in [0.25, 0.3) is 0 Å². The fourth-order valence-corrected chi connectivity index (χ4v) is 3.17. The van der Waals surface area contributed by atoms with Gasteiger partial charge in [-0.15, -0.1) is 0 Å². The maximum absolute atomic E-state index is 4.64. The summed E-state index contributed by atoms with van der Waals surface area (Å²) in [5.41, 5.74) is 0. The number of nitrogens with zero attached hydrogens (tertiary/aromatic N) is 2. The highest BCUT2D eigenvalue weighted by Crippen LogP contribution is 2.32. The normalized spacial score (nSPS) is 44.1. The molecule has 0 amide bonds. The van der Waals surface area contributed by atoms with Gasteiger partial charge in [-0.1, -0.05) is 20.8 Å². The van der Waals surface area contributed by atoms with Crippen molar-refractivity contribution in [2.24, 2.45) is 28.0 Å². The van der Waals surface area contributed by atoms with Gasteiger partial charge in [0.25, 0.3) is 0 Å². The van der Waals surface area contributed by atoms with Crippen LogP contribution in [0.3, 0.4) is 0 Å². The second-order valence-electron chi connectivity index (χ2n) is 6.57. The zero-order chi connectivity index (χ0) is 12.3. The predicted molar refractivity (Wildman–Crippen MR) is 72.2 cm³/mol. The highest BCUT2D eigenvalue weighted by atomic mass is 15.1. The topological polar surface area (TPSA) is 24.7 Å². The Balaban J connectivity index is 1.76. The van der Waals surface area contributed by atoms with Crippen LogP contribution in [0.1, 0.15) is 65.7 Å². The Morgan fingerprint density at radius 1 is 0.647 bits per heavy atom. The summed E-state index contributed by atoms with van der Waals surface area (Å²) in [5, 5.41) is 9.27. The van der Waals surface area contributed by atoms with E-state index in [4.69, 9.17) is 0 Å². The first kappa shape index (κ1) is 13.0. The molecule has 3 atom stereocenters. The number of rotatable bonds is 2. The number of azo groups is 1. The highest BCUT2D eigenvalue weighted by Gasteiger charge is 2.25. The van der Waals surface area contributed by atoms with Gasteiger partial charge in [-0.05, 0) is 62.7 Å². The molecule has 2 saturated carbocycles. The molecule has 2 fully saturated rings. The summed E-state index contributed by atoms with van der Waals surface area (Å²) in [6.45, 7) is 7.10. The zero-order valence-corrected chi connectivity index (χ0v) is 11.7. The van der Waals surface area contributed by atoms with Gasteiger partial charge in [0.1, 0.15) is 0 Å². The van der Waals surface area contributed by atoms with Gasteiger partial charge in [0.15, 0.2) is 0 Å². The largest absolute Gasteiger partial charge is 0.191 e. The Labute approximate surface area is 106 Å². The monoisotopic (exact) mass is 236 g/mol. The average Bonchev–Trinajstić information content (AvgIpc) is 2.33. The standard InChI is InChI=1S/C15H28N2/c1-11-4-7-14(8-5-11)16-17-15-9-6-12(2)13(3)10-15/h11-15H,4-10H2,1-3H3. The predicted octanol–water partition coefficient (Wildman–Crippen LogP) is 4.84. The molecule has 2 heteroatoms. The van der Waals surface area contributed by atoms with Crippen molar-refractivity contribution in [1.82, 2.24) is 0 Å². The van der Waals surface area contributed by atoms with E-state index < -0.39 is 0 Å². The molecule has 2 aliphatic rings. The van der Waals surface area contributed by atoms with Crippen LogP contribution < -0.4 is 0 Å². The minimum absolute atomic E-state index is 0.528. The smallest absolute Gasteiger partial charge is 0.0711 e. The fourth-order valence-electron chi connectivity index (χ4n) is 3.17. The summed E-state index contributed by atoms with van der Waals surface area (Å²) in [6.07, 6.45) is 9.09. The van der Waals surface area contributed by atoms with E-state index in [1.54, 1.807) is 0 Å². The van der Waals surface area contributed by atoms with Crippen molar-refractivity contribution in [3.05, 3.63) is 0 Å². The minimum Gasteiger partial charge on any atom is -0.191 e. The van der Waals surface area contributed by atoms with E-state index in [1.165, 1.54) is 44.9 Å². The van der Waals surface area contributed by atoms with Gasteiger partial charge in [-0.2, -0.15) is 10.2 Å². The second kappa shape index (κ2) is 5.97. The molecule has 0 aromatic carbocycles. The summed E-state index contributed by atoms with van der Waals surface area (Å²) in [6, 6.07) is 1.07. The van der Waals surface area contributed by atoms with Crippen molar-refractivity contribution in [1.29, 1.82) is 0 Å². The van der Waals surface area contributed by atoms with E-state index in [2.05, 4.69) is 31.0 Å². The molecule has 2 aliphatic carbocycles. The van der Waals surface area contributed by atoms with E-state index in [9.17, 15) is 0 Å². The molecule has 3 unspecified atom stereocenters. The van der Waals surface area contributed by atoms with Gasteiger partial charge in [0, 0.05) is 0 Å². The Hall–Kier alpha value is -0.400. The number of hydrogen-bond acceptors (Lipinski definition) is 2. The van der Waals surface area contributed by atoms with E-state index in [-0.39, 0.29) is 0 Å². The molecule has 0 spiro atoms. The summed E-state index contributed by atoms with van der Waals surface area (Å²) >= 11 is 0. The van der Waals surface area contributed by atoms with Crippen LogP contribution in [0.4, 0.5) is 0 Å². The van der Waals surface area contributed by atoms with Crippen LogP contribution in [0.15, 0.2) is 10.2 Å². The molecule has 0 aliphatic heterocycles. The van der Waals surface area contributed by atoms with Crippen molar-refractivity contribution in [3.8, 4) is 0 Å². The van der Waals surface area contributed by atoms with Crippen LogP contribution in [0, 0.1) is 17.8 Å². The van der Waals surface area contributed by atoms with Crippen molar-refractivity contribution in [3.63, 3.8) is 0 Å². The molecule has 0 saturated heterocycles. The Kier molecular flexibility index (Phi) is 4.58. The second-order valence-corrected chi connectivity index (χ2v) is 6.57. The zero-order valence-electron chi connectivity index (χ0n) is 11.7. The Morgan fingerprint density at radius 3 is 1.88 bits per heavy atom. The molecule has 0 aromatic rings. The van der Waals surface area contributed by atoms with Crippen LogP contribution in [-0.2, 0) is 0 Å². The highest BCUT2D eigenvalue weighted by molar-refractivity contribution is 4.80. The van der Waals surface area contributed by atoms with Crippen molar-refractivity contribution in [2.45, 2.75) is 77.8 Å². The quantitative estimate of drug-likeness (QED) is 0.613. The van der Waals surface area contributed by atoms with Crippen molar-refractivity contribution in [2.75, 3.05) is 0 Å². The van der Waals surface area contributed by atoms with E-state index in [0.29, 0.717) is 12.1 Å². The summed E-state index contributed by atoms with van der Waals surface area (Å²) in [7, 11) is 0. The molecule has 0 N–H and O–H groups in total. The van der Waals surface area contributed by atoms with E-state index >= 15 is 0 Å². The van der Waals surface area contributed by atoms with Crippen LogP contribution >= 0.6 is 0 Å². The first-order valence-corrected chi connectivity index (χ1v) is 7.55. The third-order valence-electron chi connectivity index (χ3n) is 4.95. The molecular formula is C15H28N2. The molecule has 0 bridgehead atoms. The first-order chi connectivity index (χ1) is 8.15. The van der Waals surface area contributed by atoms with E-state index in [1.807, 2.05) is 0 Å². The van der Waals surface area contributed by atoms with Crippen LogP contribution in [0.5, 0.6) is 0 Å². The third-order valence-corrected chi connectivity index (χ3v) is 4.95. The van der Waals surface area contributed by atoms with Crippen molar-refractivity contribution >= 4 is 0 Å². The lowest BCUT2D eigenvalue weighted by Gasteiger charge is -2.29. The summed E-state index contributed by atoms with van der Waals surface area (Å²) in [5.74, 6) is 2.63. The lowest BCUT2D eigenvalue weighted by atomic mass is 9.79. The van der Waals surface area contributed by atoms with Gasteiger partial charge in [0.2, 0.25) is 0 Å². The van der Waals surface area contributed by atoms with Gasteiger partial charge in [-0.25, -0.2) is 0 Å². The molecule has 2 nitrogen and oxygen atoms in total. The molecule has 17 heavy (non-hydrogen) atoms. The number of hydrogen-bond donors (Lipinski definition) is 0. The molecule has 2 rings (SSSR count). The lowest BCUT2D eigenvalue weighted by Crippen LogP contribution is -2.23. The molecule has 98 valence electrons. The fraction of sp³-hybridized carbons (Fsp3) is 1.00. The lowest BCUT2D eigenvalue weighted by molar-refractivity contribution is 0.244.